The lowest BCUT2D eigenvalue weighted by Gasteiger charge is -1.95. The van der Waals surface area contributed by atoms with E-state index in [1.165, 1.54) is 16.5 Å². The van der Waals surface area contributed by atoms with Gasteiger partial charge in [0.15, 0.2) is 0 Å². The van der Waals surface area contributed by atoms with E-state index in [0.717, 1.165) is 4.47 Å². The minimum atomic E-state index is 1.14. The van der Waals surface area contributed by atoms with Crippen LogP contribution in [0.3, 0.4) is 0 Å². The molecule has 0 amide bonds. The number of nitrogens with zero attached hydrogens (tertiary/aromatic N) is 1. The first-order valence-corrected chi connectivity index (χ1v) is 4.69. The van der Waals surface area contributed by atoms with Crippen molar-refractivity contribution in [1.29, 1.82) is 0 Å². The Labute approximate surface area is 80.1 Å². The van der Waals surface area contributed by atoms with Crippen LogP contribution in [0.1, 0.15) is 5.56 Å². The molecule has 2 heteroatoms. The quantitative estimate of drug-likeness (QED) is 0.647. The molecule has 0 unspecified atom stereocenters. The number of benzene rings is 1. The zero-order valence-electron chi connectivity index (χ0n) is 7.13. The first-order valence-electron chi connectivity index (χ1n) is 3.89. The molecule has 2 rings (SSSR count). The summed E-state index contributed by atoms with van der Waals surface area (Å²) in [5.41, 5.74) is 2.61. The summed E-state index contributed by atoms with van der Waals surface area (Å²) < 4.78 is 3.28. The molecule has 0 aliphatic carbocycles. The summed E-state index contributed by atoms with van der Waals surface area (Å²) in [7, 11) is 2.07. The van der Waals surface area contributed by atoms with Gasteiger partial charge in [0.2, 0.25) is 0 Å². The van der Waals surface area contributed by atoms with E-state index in [0.29, 0.717) is 0 Å². The van der Waals surface area contributed by atoms with Crippen molar-refractivity contribution >= 4 is 26.8 Å². The Morgan fingerprint density at radius 3 is 2.83 bits per heavy atom. The number of rotatable bonds is 0. The van der Waals surface area contributed by atoms with Crippen molar-refractivity contribution in [2.75, 3.05) is 0 Å². The maximum atomic E-state index is 3.46. The highest BCUT2D eigenvalue weighted by atomic mass is 79.9. The zero-order chi connectivity index (χ0) is 8.72. The molecule has 0 saturated heterocycles. The van der Waals surface area contributed by atoms with Crippen LogP contribution in [-0.2, 0) is 7.05 Å². The summed E-state index contributed by atoms with van der Waals surface area (Å²) in [6.45, 7) is 2.14. The van der Waals surface area contributed by atoms with Gasteiger partial charge in [0, 0.05) is 28.6 Å². The second-order valence-electron chi connectivity index (χ2n) is 3.08. The van der Waals surface area contributed by atoms with Gasteiger partial charge in [-0.3, -0.25) is 0 Å². The van der Waals surface area contributed by atoms with Crippen molar-refractivity contribution in [2.45, 2.75) is 6.92 Å². The summed E-state index contributed by atoms with van der Waals surface area (Å²) in [5.74, 6) is 0. The summed E-state index contributed by atoms with van der Waals surface area (Å²) in [4.78, 5) is 0. The van der Waals surface area contributed by atoms with Crippen molar-refractivity contribution in [3.8, 4) is 0 Å². The molecule has 1 nitrogen and oxygen atoms in total. The van der Waals surface area contributed by atoms with Crippen LogP contribution in [0, 0.1) is 6.92 Å². The largest absolute Gasteiger partial charge is 0.350 e. The average molecular weight is 224 g/mol. The molecule has 12 heavy (non-hydrogen) atoms. The molecule has 1 aromatic carbocycles. The Bertz CT molecular complexity index is 429. The van der Waals surface area contributed by atoms with E-state index in [1.807, 2.05) is 0 Å². The van der Waals surface area contributed by atoms with Crippen LogP contribution in [-0.4, -0.2) is 4.57 Å². The number of fused-ring (bicyclic) bond motifs is 1. The number of hydrogen-bond donors (Lipinski definition) is 0. The fraction of sp³-hybridized carbons (Fsp3) is 0.200. The van der Waals surface area contributed by atoms with E-state index >= 15 is 0 Å². The first kappa shape index (κ1) is 7.87. The third-order valence-electron chi connectivity index (χ3n) is 2.15. The molecule has 0 N–H and O–H groups in total. The van der Waals surface area contributed by atoms with Crippen molar-refractivity contribution in [3.63, 3.8) is 0 Å². The molecule has 0 saturated carbocycles. The maximum Gasteiger partial charge on any atom is 0.0491 e. The van der Waals surface area contributed by atoms with Crippen molar-refractivity contribution in [2.24, 2.45) is 7.05 Å². The summed E-state index contributed by atoms with van der Waals surface area (Å²) in [5, 5.41) is 1.33. The molecule has 0 aliphatic rings. The van der Waals surface area contributed by atoms with E-state index in [4.69, 9.17) is 0 Å². The SMILES string of the molecule is Cc1cn(C)c2cc(Br)ccc12. The molecule has 0 atom stereocenters. The molecule has 0 spiro atoms. The van der Waals surface area contributed by atoms with Gasteiger partial charge in [-0.15, -0.1) is 0 Å². The molecule has 2 aromatic rings. The van der Waals surface area contributed by atoms with Crippen LogP contribution in [0.4, 0.5) is 0 Å². The van der Waals surface area contributed by atoms with Crippen LogP contribution >= 0.6 is 15.9 Å². The van der Waals surface area contributed by atoms with Crippen molar-refractivity contribution in [1.82, 2.24) is 4.57 Å². The third kappa shape index (κ3) is 1.07. The lowest BCUT2D eigenvalue weighted by molar-refractivity contribution is 0.963. The van der Waals surface area contributed by atoms with E-state index < -0.39 is 0 Å². The van der Waals surface area contributed by atoms with Crippen LogP contribution in [0.2, 0.25) is 0 Å². The molecular weight excluding hydrogens is 214 g/mol. The average Bonchev–Trinajstić information content (AvgIpc) is 2.28. The second kappa shape index (κ2) is 2.63. The normalized spacial score (nSPS) is 10.9. The minimum absolute atomic E-state index is 1.14. The van der Waals surface area contributed by atoms with Crippen LogP contribution in [0.15, 0.2) is 28.9 Å². The molecule has 0 radical (unpaired) electrons. The topological polar surface area (TPSA) is 4.93 Å². The molecule has 0 aliphatic heterocycles. The van der Waals surface area contributed by atoms with Crippen LogP contribution in [0.5, 0.6) is 0 Å². The van der Waals surface area contributed by atoms with Gasteiger partial charge in [-0.2, -0.15) is 0 Å². The van der Waals surface area contributed by atoms with Gasteiger partial charge < -0.3 is 4.57 Å². The molecular formula is C10H10BrN. The molecule has 0 fully saturated rings. The van der Waals surface area contributed by atoms with Gasteiger partial charge in [-0.25, -0.2) is 0 Å². The minimum Gasteiger partial charge on any atom is -0.350 e. The molecule has 0 bridgehead atoms. The predicted molar refractivity (Wildman–Crippen MR) is 55.4 cm³/mol. The first-order chi connectivity index (χ1) is 5.68. The number of aromatic nitrogens is 1. The van der Waals surface area contributed by atoms with Gasteiger partial charge >= 0.3 is 0 Å². The highest BCUT2D eigenvalue weighted by molar-refractivity contribution is 9.10. The van der Waals surface area contributed by atoms with Crippen LogP contribution in [0.25, 0.3) is 10.9 Å². The fourth-order valence-electron chi connectivity index (χ4n) is 1.56. The maximum absolute atomic E-state index is 3.46. The second-order valence-corrected chi connectivity index (χ2v) is 4.00. The van der Waals surface area contributed by atoms with E-state index in [9.17, 15) is 0 Å². The Hall–Kier alpha value is -0.760. The zero-order valence-corrected chi connectivity index (χ0v) is 8.72. The molecule has 1 aromatic heterocycles. The summed E-state index contributed by atoms with van der Waals surface area (Å²) in [6.07, 6.45) is 2.15. The Morgan fingerprint density at radius 2 is 2.08 bits per heavy atom. The lowest BCUT2D eigenvalue weighted by Crippen LogP contribution is -1.82. The number of hydrogen-bond acceptors (Lipinski definition) is 0. The van der Waals surface area contributed by atoms with E-state index in [-0.39, 0.29) is 0 Å². The summed E-state index contributed by atoms with van der Waals surface area (Å²) >= 11 is 3.46. The van der Waals surface area contributed by atoms with Gasteiger partial charge in [0.05, 0.1) is 0 Å². The highest BCUT2D eigenvalue weighted by Crippen LogP contribution is 2.23. The standard InChI is InChI=1S/C10H10BrN/c1-7-6-12(2)10-5-8(11)3-4-9(7)10/h3-6H,1-2H3. The lowest BCUT2D eigenvalue weighted by atomic mass is 10.2. The van der Waals surface area contributed by atoms with E-state index in [1.54, 1.807) is 0 Å². The van der Waals surface area contributed by atoms with Crippen LogP contribution < -0.4 is 0 Å². The van der Waals surface area contributed by atoms with Gasteiger partial charge in [0.1, 0.15) is 0 Å². The predicted octanol–water partition coefficient (Wildman–Crippen LogP) is 3.25. The van der Waals surface area contributed by atoms with Crippen molar-refractivity contribution < 1.29 is 0 Å². The smallest absolute Gasteiger partial charge is 0.0491 e. The summed E-state index contributed by atoms with van der Waals surface area (Å²) in [6, 6.07) is 6.37. The van der Waals surface area contributed by atoms with Crippen molar-refractivity contribution in [3.05, 3.63) is 34.4 Å². The third-order valence-corrected chi connectivity index (χ3v) is 2.65. The molecule has 62 valence electrons. The van der Waals surface area contributed by atoms with Gasteiger partial charge in [0.25, 0.3) is 0 Å². The van der Waals surface area contributed by atoms with Gasteiger partial charge in [-0.1, -0.05) is 22.0 Å². The van der Waals surface area contributed by atoms with E-state index in [2.05, 4.69) is 58.9 Å². The Kier molecular flexibility index (Phi) is 1.72. The fourth-order valence-corrected chi connectivity index (χ4v) is 1.91. The highest BCUT2D eigenvalue weighted by Gasteiger charge is 2.01. The number of aryl methyl sites for hydroxylation is 2. The Morgan fingerprint density at radius 1 is 1.33 bits per heavy atom. The number of halogens is 1. The molecule has 1 heterocycles. The van der Waals surface area contributed by atoms with Gasteiger partial charge in [-0.05, 0) is 24.6 Å². The monoisotopic (exact) mass is 223 g/mol. The Balaban J connectivity index is 2.90.